The fourth-order valence-corrected chi connectivity index (χ4v) is 12.0. The van der Waals surface area contributed by atoms with Gasteiger partial charge in [-0.15, -0.1) is 0 Å². The van der Waals surface area contributed by atoms with Gasteiger partial charge in [0.2, 0.25) is 0 Å². The number of ether oxygens (including phenoxy) is 1. The van der Waals surface area contributed by atoms with E-state index in [1.807, 2.05) is 24.3 Å². The van der Waals surface area contributed by atoms with Crippen LogP contribution in [-0.4, -0.2) is 4.57 Å². The van der Waals surface area contributed by atoms with E-state index in [2.05, 4.69) is 240 Å². The van der Waals surface area contributed by atoms with Crippen LogP contribution in [0.2, 0.25) is 0 Å². The van der Waals surface area contributed by atoms with E-state index in [4.69, 9.17) is 9.15 Å². The van der Waals surface area contributed by atoms with Crippen molar-refractivity contribution in [1.29, 1.82) is 0 Å². The second-order valence-corrected chi connectivity index (χ2v) is 18.8. The normalized spacial score (nSPS) is 13.0. The molecule has 0 amide bonds. The molecule has 11 aromatic carbocycles. The summed E-state index contributed by atoms with van der Waals surface area (Å²) in [6, 6.07) is 92.5. The molecule has 4 heteroatoms. The molecule has 332 valence electrons. The van der Waals surface area contributed by atoms with Gasteiger partial charge < -0.3 is 18.6 Å². The highest BCUT2D eigenvalue weighted by atomic mass is 16.5. The molecule has 0 radical (unpaired) electrons. The van der Waals surface area contributed by atoms with E-state index in [1.54, 1.807) is 0 Å². The van der Waals surface area contributed by atoms with Gasteiger partial charge in [0, 0.05) is 38.6 Å². The highest BCUT2D eigenvalue weighted by Gasteiger charge is 2.46. The Balaban J connectivity index is 0.926. The van der Waals surface area contributed by atoms with E-state index >= 15 is 0 Å². The highest BCUT2D eigenvalue weighted by molar-refractivity contribution is 6.14. The first-order valence-electron chi connectivity index (χ1n) is 24.3. The standard InChI is InChI=1S/C67H42N2O2/c1-3-17-46(18-4-1)67(47-19-5-2-6-20-47)57-26-9-7-22-52(57)53-38-37-50(42-58(53)67)68(48-35-32-43(33-36-48)51-24-14-30-63-65(51)55-23-8-11-28-61(55)70-63)49-21-13-16-44(40-49)45-34-39-59-56(41-45)54-25-15-31-64-66(54)69(59)60-27-10-12-29-62(60)71-64/h1-42H. The predicted molar refractivity (Wildman–Crippen MR) is 291 cm³/mol. The molecule has 15 rings (SSSR count). The molecule has 0 saturated carbocycles. The molecule has 2 aliphatic rings. The number of furan rings is 1. The molecule has 0 atom stereocenters. The van der Waals surface area contributed by atoms with Gasteiger partial charge in [-0.2, -0.15) is 0 Å². The third-order valence-corrected chi connectivity index (χ3v) is 15.1. The number of aromatic nitrogens is 1. The zero-order valence-corrected chi connectivity index (χ0v) is 38.5. The van der Waals surface area contributed by atoms with Crippen LogP contribution < -0.4 is 9.64 Å². The number of benzene rings is 11. The Labute approximate surface area is 410 Å². The van der Waals surface area contributed by atoms with Crippen LogP contribution in [0.3, 0.4) is 0 Å². The van der Waals surface area contributed by atoms with Crippen LogP contribution in [0.25, 0.3) is 82.8 Å². The van der Waals surface area contributed by atoms with Gasteiger partial charge >= 0.3 is 0 Å². The average Bonchev–Trinajstić information content (AvgIpc) is 4.09. The van der Waals surface area contributed by atoms with Crippen molar-refractivity contribution in [2.45, 2.75) is 5.41 Å². The number of nitrogens with zero attached hydrogens (tertiary/aromatic N) is 2. The van der Waals surface area contributed by atoms with Crippen molar-refractivity contribution in [3.63, 3.8) is 0 Å². The molecule has 1 aliphatic heterocycles. The van der Waals surface area contributed by atoms with E-state index in [0.717, 1.165) is 89.5 Å². The number of hydrogen-bond acceptors (Lipinski definition) is 3. The number of anilines is 3. The summed E-state index contributed by atoms with van der Waals surface area (Å²) in [6.45, 7) is 0. The smallest absolute Gasteiger partial charge is 0.152 e. The number of hydrogen-bond donors (Lipinski definition) is 0. The molecule has 0 fully saturated rings. The second kappa shape index (κ2) is 15.3. The summed E-state index contributed by atoms with van der Waals surface area (Å²) in [5.74, 6) is 1.74. The average molecular weight is 907 g/mol. The summed E-state index contributed by atoms with van der Waals surface area (Å²) in [5.41, 5.74) is 19.8. The number of rotatable bonds is 7. The minimum absolute atomic E-state index is 0.546. The molecular weight excluding hydrogens is 865 g/mol. The quantitative estimate of drug-likeness (QED) is 0.160. The Hall–Kier alpha value is -9.38. The van der Waals surface area contributed by atoms with E-state index < -0.39 is 5.41 Å². The summed E-state index contributed by atoms with van der Waals surface area (Å²) < 4.78 is 15.2. The number of para-hydroxylation sites is 4. The third kappa shape index (κ3) is 5.79. The molecule has 71 heavy (non-hydrogen) atoms. The van der Waals surface area contributed by atoms with Gasteiger partial charge in [-0.1, -0.05) is 176 Å². The first-order valence-corrected chi connectivity index (χ1v) is 24.3. The van der Waals surface area contributed by atoms with Gasteiger partial charge in [-0.3, -0.25) is 0 Å². The Morgan fingerprint density at radius 1 is 0.366 bits per heavy atom. The van der Waals surface area contributed by atoms with Crippen molar-refractivity contribution >= 4 is 60.8 Å². The maximum atomic E-state index is 6.46. The maximum Gasteiger partial charge on any atom is 0.152 e. The Kier molecular flexibility index (Phi) is 8.54. The van der Waals surface area contributed by atoms with Gasteiger partial charge in [0.25, 0.3) is 0 Å². The Bertz CT molecular complexity index is 4220. The van der Waals surface area contributed by atoms with Crippen molar-refractivity contribution in [2.75, 3.05) is 4.90 Å². The van der Waals surface area contributed by atoms with Crippen LogP contribution in [0.15, 0.2) is 259 Å². The van der Waals surface area contributed by atoms with Crippen molar-refractivity contribution in [1.82, 2.24) is 4.57 Å². The molecule has 1 aliphatic carbocycles. The topological polar surface area (TPSA) is 30.5 Å². The molecule has 0 unspecified atom stereocenters. The van der Waals surface area contributed by atoms with Gasteiger partial charge in [0.1, 0.15) is 11.2 Å². The molecule has 3 heterocycles. The molecule has 0 bridgehead atoms. The predicted octanol–water partition coefficient (Wildman–Crippen LogP) is 18.0. The molecule has 0 saturated heterocycles. The van der Waals surface area contributed by atoms with Crippen LogP contribution >= 0.6 is 0 Å². The Morgan fingerprint density at radius 2 is 0.986 bits per heavy atom. The van der Waals surface area contributed by atoms with Crippen LogP contribution in [0.4, 0.5) is 17.1 Å². The van der Waals surface area contributed by atoms with Gasteiger partial charge in [0.05, 0.1) is 22.1 Å². The largest absolute Gasteiger partial charge is 0.456 e. The fourth-order valence-electron chi connectivity index (χ4n) is 12.0. The van der Waals surface area contributed by atoms with Crippen LogP contribution in [0.5, 0.6) is 11.5 Å². The first kappa shape index (κ1) is 39.6. The lowest BCUT2D eigenvalue weighted by atomic mass is 9.67. The van der Waals surface area contributed by atoms with E-state index in [1.165, 1.54) is 44.2 Å². The SMILES string of the molecule is c1ccc(C2(c3ccccc3)c3ccccc3-c3ccc(N(c4ccc(-c5cccc6oc7ccccc7c56)cc4)c4cccc(-c5ccc6c(c5)c5cccc7c5n6-c5ccccc5O7)c4)cc32)cc1. The van der Waals surface area contributed by atoms with Crippen molar-refractivity contribution in [3.8, 4) is 50.6 Å². The van der Waals surface area contributed by atoms with E-state index in [0.29, 0.717) is 0 Å². The minimum atomic E-state index is -0.546. The van der Waals surface area contributed by atoms with E-state index in [-0.39, 0.29) is 0 Å². The van der Waals surface area contributed by atoms with Gasteiger partial charge in [-0.05, 0) is 134 Å². The molecule has 2 aromatic heterocycles. The number of fused-ring (bicyclic) bond motifs is 11. The third-order valence-electron chi connectivity index (χ3n) is 15.1. The molecular formula is C67H42N2O2. The van der Waals surface area contributed by atoms with Crippen LogP contribution in [-0.2, 0) is 5.41 Å². The van der Waals surface area contributed by atoms with E-state index in [9.17, 15) is 0 Å². The molecule has 4 nitrogen and oxygen atoms in total. The lowest BCUT2D eigenvalue weighted by molar-refractivity contribution is 0.476. The van der Waals surface area contributed by atoms with Crippen molar-refractivity contribution in [3.05, 3.63) is 277 Å². The molecule has 0 N–H and O–H groups in total. The van der Waals surface area contributed by atoms with Crippen LogP contribution in [0, 0.1) is 0 Å². The van der Waals surface area contributed by atoms with Crippen LogP contribution in [0.1, 0.15) is 22.3 Å². The lowest BCUT2D eigenvalue weighted by Crippen LogP contribution is -2.28. The maximum absolute atomic E-state index is 6.46. The summed E-state index contributed by atoms with van der Waals surface area (Å²) in [4.78, 5) is 2.43. The summed E-state index contributed by atoms with van der Waals surface area (Å²) in [5, 5.41) is 4.61. The monoisotopic (exact) mass is 906 g/mol. The molecule has 0 spiro atoms. The van der Waals surface area contributed by atoms with Crippen molar-refractivity contribution in [2.24, 2.45) is 0 Å². The minimum Gasteiger partial charge on any atom is -0.456 e. The first-order chi connectivity index (χ1) is 35.2. The highest BCUT2D eigenvalue weighted by Crippen LogP contribution is 2.57. The zero-order valence-electron chi connectivity index (χ0n) is 38.5. The molecule has 13 aromatic rings. The Morgan fingerprint density at radius 3 is 1.85 bits per heavy atom. The lowest BCUT2D eigenvalue weighted by Gasteiger charge is -2.35. The van der Waals surface area contributed by atoms with Gasteiger partial charge in [-0.25, -0.2) is 0 Å². The summed E-state index contributed by atoms with van der Waals surface area (Å²) >= 11 is 0. The summed E-state index contributed by atoms with van der Waals surface area (Å²) in [7, 11) is 0. The zero-order chi connectivity index (χ0) is 46.6. The second-order valence-electron chi connectivity index (χ2n) is 18.8. The summed E-state index contributed by atoms with van der Waals surface area (Å²) in [6.07, 6.45) is 0. The van der Waals surface area contributed by atoms with Crippen molar-refractivity contribution < 1.29 is 9.15 Å². The van der Waals surface area contributed by atoms with Gasteiger partial charge in [0.15, 0.2) is 11.5 Å². The fraction of sp³-hybridized carbons (Fsp3) is 0.0149.